The van der Waals surface area contributed by atoms with E-state index in [1.165, 1.54) is 54.9 Å². The topological polar surface area (TPSA) is 21.3 Å². The third kappa shape index (κ3) is 5.60. The van der Waals surface area contributed by atoms with E-state index in [-0.39, 0.29) is 0 Å². The summed E-state index contributed by atoms with van der Waals surface area (Å²) in [6, 6.07) is 93.3. The molecule has 0 unspecified atom stereocenters. The zero-order valence-corrected chi connectivity index (χ0v) is 37.1. The number of aromatic nitrogens is 1. The van der Waals surface area contributed by atoms with Gasteiger partial charge < -0.3 is 13.9 Å². The predicted octanol–water partition coefficient (Wildman–Crippen LogP) is 17.3. The lowest BCUT2D eigenvalue weighted by molar-refractivity contribution is 0.669. The van der Waals surface area contributed by atoms with Gasteiger partial charge in [0.15, 0.2) is 0 Å². The number of fused-ring (bicyclic) bond motifs is 10. The number of nitrogens with zero attached hydrogens (tertiary/aromatic N) is 2. The Kier molecular flexibility index (Phi) is 8.50. The number of para-hydroxylation sites is 3. The Balaban J connectivity index is 1.00. The summed E-state index contributed by atoms with van der Waals surface area (Å²) in [6.07, 6.45) is 0. The summed E-state index contributed by atoms with van der Waals surface area (Å²) in [5.41, 5.74) is 17.8. The molecule has 11 aromatic carbocycles. The number of rotatable bonds is 7. The number of benzene rings is 11. The van der Waals surface area contributed by atoms with Crippen LogP contribution in [-0.4, -0.2) is 4.57 Å². The first-order valence-electron chi connectivity index (χ1n) is 23.4. The number of hydrogen-bond acceptors (Lipinski definition) is 2. The van der Waals surface area contributed by atoms with Crippen molar-refractivity contribution in [3.05, 3.63) is 277 Å². The van der Waals surface area contributed by atoms with Crippen LogP contribution in [0.3, 0.4) is 0 Å². The average molecular weight is 867 g/mol. The van der Waals surface area contributed by atoms with E-state index in [4.69, 9.17) is 4.42 Å². The Morgan fingerprint density at radius 1 is 0.368 bits per heavy atom. The Morgan fingerprint density at radius 3 is 1.82 bits per heavy atom. The maximum absolute atomic E-state index is 6.40. The normalized spacial score (nSPS) is 12.8. The molecule has 2 heterocycles. The zero-order valence-electron chi connectivity index (χ0n) is 37.1. The molecule has 0 saturated heterocycles. The Labute approximate surface area is 394 Å². The van der Waals surface area contributed by atoms with E-state index >= 15 is 0 Å². The van der Waals surface area contributed by atoms with Gasteiger partial charge in [0.1, 0.15) is 11.2 Å². The lowest BCUT2D eigenvalue weighted by atomic mass is 9.67. The van der Waals surface area contributed by atoms with E-state index in [1.807, 2.05) is 6.07 Å². The van der Waals surface area contributed by atoms with Gasteiger partial charge in [-0.3, -0.25) is 0 Å². The highest BCUT2D eigenvalue weighted by Gasteiger charge is 2.46. The van der Waals surface area contributed by atoms with E-state index in [0.717, 1.165) is 66.8 Å². The number of anilines is 3. The monoisotopic (exact) mass is 866 g/mol. The number of hydrogen-bond donors (Lipinski definition) is 0. The van der Waals surface area contributed by atoms with Crippen molar-refractivity contribution < 1.29 is 4.42 Å². The van der Waals surface area contributed by atoms with Crippen LogP contribution in [-0.2, 0) is 5.41 Å². The van der Waals surface area contributed by atoms with Crippen LogP contribution in [0, 0.1) is 0 Å². The van der Waals surface area contributed by atoms with E-state index in [0.29, 0.717) is 0 Å². The summed E-state index contributed by atoms with van der Waals surface area (Å²) in [7, 11) is 0. The summed E-state index contributed by atoms with van der Waals surface area (Å²) < 4.78 is 8.82. The first kappa shape index (κ1) is 38.4. The molecule has 1 aliphatic carbocycles. The predicted molar refractivity (Wildman–Crippen MR) is 283 cm³/mol. The molecule has 2 aromatic heterocycles. The Bertz CT molecular complexity index is 4060. The van der Waals surface area contributed by atoms with Crippen LogP contribution in [0.2, 0.25) is 0 Å². The fourth-order valence-corrected chi connectivity index (χ4v) is 11.6. The second-order valence-corrected chi connectivity index (χ2v) is 18.0. The van der Waals surface area contributed by atoms with Crippen LogP contribution in [0.4, 0.5) is 17.1 Å². The maximum atomic E-state index is 6.40. The average Bonchev–Trinajstić information content (AvgIpc) is 4.06. The summed E-state index contributed by atoms with van der Waals surface area (Å²) in [6.45, 7) is 0. The van der Waals surface area contributed by atoms with E-state index < -0.39 is 5.41 Å². The molecule has 0 radical (unpaired) electrons. The van der Waals surface area contributed by atoms with Gasteiger partial charge in [-0.25, -0.2) is 0 Å². The van der Waals surface area contributed by atoms with Crippen LogP contribution in [0.1, 0.15) is 22.3 Å². The van der Waals surface area contributed by atoms with Crippen LogP contribution in [0.5, 0.6) is 0 Å². The molecule has 318 valence electrons. The smallest absolute Gasteiger partial charge is 0.137 e. The van der Waals surface area contributed by atoms with Gasteiger partial charge in [0.05, 0.1) is 33.2 Å². The van der Waals surface area contributed by atoms with Crippen molar-refractivity contribution in [2.24, 2.45) is 0 Å². The standard InChI is InChI=1S/C65H42N2O/c1-3-20-46(21-4-1)65(47-22-5-2-6-23-47)56-28-13-9-25-51(56)52-38-37-49(42-57(52)65)66(48-36-34-43-18-7-8-19-44(43)40-48)58-29-14-10-24-50(58)45-35-39-60-55(41-45)53-26-11-15-30-59(53)67(60)61-31-17-33-63-64(61)54-27-12-16-32-62(54)68-63/h1-42H. The van der Waals surface area contributed by atoms with Crippen LogP contribution in [0.25, 0.3) is 82.5 Å². The third-order valence-corrected chi connectivity index (χ3v) is 14.4. The Morgan fingerprint density at radius 2 is 0.985 bits per heavy atom. The minimum absolute atomic E-state index is 0.536. The fourth-order valence-electron chi connectivity index (χ4n) is 11.6. The second kappa shape index (κ2) is 15.1. The molecule has 0 saturated carbocycles. The minimum Gasteiger partial charge on any atom is -0.456 e. The lowest BCUT2D eigenvalue weighted by Gasteiger charge is -2.35. The van der Waals surface area contributed by atoms with Crippen molar-refractivity contribution in [2.75, 3.05) is 4.90 Å². The van der Waals surface area contributed by atoms with Crippen molar-refractivity contribution in [1.29, 1.82) is 0 Å². The molecule has 0 spiro atoms. The highest BCUT2D eigenvalue weighted by molar-refractivity contribution is 6.15. The summed E-state index contributed by atoms with van der Waals surface area (Å²) in [5, 5.41) is 7.03. The summed E-state index contributed by atoms with van der Waals surface area (Å²) >= 11 is 0. The lowest BCUT2D eigenvalue weighted by Crippen LogP contribution is -2.28. The van der Waals surface area contributed by atoms with Crippen molar-refractivity contribution in [3.8, 4) is 27.9 Å². The van der Waals surface area contributed by atoms with Crippen LogP contribution in [0.15, 0.2) is 259 Å². The summed E-state index contributed by atoms with van der Waals surface area (Å²) in [4.78, 5) is 2.48. The molecular weight excluding hydrogens is 825 g/mol. The van der Waals surface area contributed by atoms with Crippen LogP contribution >= 0.6 is 0 Å². The van der Waals surface area contributed by atoms with E-state index in [9.17, 15) is 0 Å². The SMILES string of the molecule is c1ccc(C2(c3ccccc3)c3ccccc3-c3ccc(N(c4ccc5ccccc5c4)c4ccccc4-c4ccc5c(c4)c4ccccc4n5-c4cccc5oc6ccccc6c45)cc32)cc1. The van der Waals surface area contributed by atoms with Crippen LogP contribution < -0.4 is 4.90 Å². The van der Waals surface area contributed by atoms with Gasteiger partial charge in [-0.05, 0) is 116 Å². The van der Waals surface area contributed by atoms with E-state index in [2.05, 4.69) is 258 Å². The Hall–Kier alpha value is -8.92. The number of furan rings is 1. The molecule has 14 rings (SSSR count). The van der Waals surface area contributed by atoms with Crippen molar-refractivity contribution >= 4 is 71.6 Å². The van der Waals surface area contributed by atoms with Gasteiger partial charge in [0, 0.05) is 33.1 Å². The molecule has 0 N–H and O–H groups in total. The molecule has 0 bridgehead atoms. The van der Waals surface area contributed by atoms with Gasteiger partial charge in [-0.1, -0.05) is 188 Å². The molecule has 0 atom stereocenters. The zero-order chi connectivity index (χ0) is 44.8. The van der Waals surface area contributed by atoms with E-state index in [1.54, 1.807) is 0 Å². The molecule has 3 heteroatoms. The highest BCUT2D eigenvalue weighted by atomic mass is 16.3. The van der Waals surface area contributed by atoms with Gasteiger partial charge in [0.2, 0.25) is 0 Å². The highest BCUT2D eigenvalue weighted by Crippen LogP contribution is 2.57. The molecule has 0 amide bonds. The second-order valence-electron chi connectivity index (χ2n) is 18.0. The fraction of sp³-hybridized carbons (Fsp3) is 0.0154. The molecule has 0 aliphatic heterocycles. The van der Waals surface area contributed by atoms with Gasteiger partial charge >= 0.3 is 0 Å². The minimum atomic E-state index is -0.536. The van der Waals surface area contributed by atoms with Crippen molar-refractivity contribution in [1.82, 2.24) is 4.57 Å². The van der Waals surface area contributed by atoms with Gasteiger partial charge in [-0.15, -0.1) is 0 Å². The van der Waals surface area contributed by atoms with Crippen molar-refractivity contribution in [3.63, 3.8) is 0 Å². The molecular formula is C65H42N2O. The molecule has 68 heavy (non-hydrogen) atoms. The largest absolute Gasteiger partial charge is 0.456 e. The third-order valence-electron chi connectivity index (χ3n) is 14.4. The molecule has 0 fully saturated rings. The summed E-state index contributed by atoms with van der Waals surface area (Å²) in [5.74, 6) is 0. The van der Waals surface area contributed by atoms with Gasteiger partial charge in [0.25, 0.3) is 0 Å². The quantitative estimate of drug-likeness (QED) is 0.159. The molecule has 3 nitrogen and oxygen atoms in total. The first-order chi connectivity index (χ1) is 33.7. The molecule has 13 aromatic rings. The van der Waals surface area contributed by atoms with Crippen molar-refractivity contribution in [2.45, 2.75) is 5.41 Å². The first-order valence-corrected chi connectivity index (χ1v) is 23.4. The molecule has 1 aliphatic rings. The maximum Gasteiger partial charge on any atom is 0.137 e. The van der Waals surface area contributed by atoms with Gasteiger partial charge in [-0.2, -0.15) is 0 Å².